The molecule has 472 valence electrons. The van der Waals surface area contributed by atoms with E-state index in [1.54, 1.807) is 0 Å². The van der Waals surface area contributed by atoms with Crippen molar-refractivity contribution in [3.63, 3.8) is 0 Å². The van der Waals surface area contributed by atoms with Gasteiger partial charge in [-0.15, -0.1) is 0 Å². The highest BCUT2D eigenvalue weighted by atomic mass is 79.9. The Morgan fingerprint density at radius 2 is 0.485 bits per heavy atom. The average molecular weight is 1350 g/mol. The first-order valence-corrected chi connectivity index (χ1v) is 35.6. The van der Waals surface area contributed by atoms with Crippen molar-refractivity contribution in [3.8, 4) is 50.4 Å². The Hall–Kier alpha value is -12.6. The number of aromatic nitrogens is 3. The van der Waals surface area contributed by atoms with Gasteiger partial charge >= 0.3 is 0 Å². The second kappa shape index (κ2) is 23.8. The molecule has 0 unspecified atom stereocenters. The predicted molar refractivity (Wildman–Crippen MR) is 434 cm³/mol. The van der Waals surface area contributed by atoms with Crippen molar-refractivity contribution in [2.75, 3.05) is 0 Å². The van der Waals surface area contributed by atoms with Crippen LogP contribution in [0, 0.1) is 0 Å². The van der Waals surface area contributed by atoms with E-state index in [9.17, 15) is 0 Å². The summed E-state index contributed by atoms with van der Waals surface area (Å²) in [7, 11) is 0. The van der Waals surface area contributed by atoms with Gasteiger partial charge in [-0.2, -0.15) is 0 Å². The lowest BCUT2D eigenvalue weighted by Crippen LogP contribution is -1.94. The molecule has 0 saturated carbocycles. The molecular formula is C97H62BrN3. The van der Waals surface area contributed by atoms with E-state index in [0.717, 1.165) is 10.9 Å². The maximum Gasteiger partial charge on any atom is 0.0541 e. The molecule has 0 aliphatic heterocycles. The van der Waals surface area contributed by atoms with E-state index in [1.165, 1.54) is 192 Å². The summed E-state index contributed by atoms with van der Waals surface area (Å²) in [5.41, 5.74) is 21.5. The van der Waals surface area contributed by atoms with Crippen LogP contribution in [0.25, 0.3) is 180 Å². The molecule has 4 heteroatoms. The molecule has 0 fully saturated rings. The molecule has 3 aromatic heterocycles. The molecule has 0 atom stereocenters. The van der Waals surface area contributed by atoms with E-state index in [0.29, 0.717) is 0 Å². The van der Waals surface area contributed by atoms with E-state index < -0.39 is 0 Å². The Balaban J connectivity index is 0.000000114. The van der Waals surface area contributed by atoms with Crippen molar-refractivity contribution in [2.45, 2.75) is 6.42 Å². The standard InChI is InChI=1S/C48H30N2.C31H21N.C18H11Br/c1-2-12-33(13-3-1)49-45-20-10-8-18-40(45)43-28-31(22-26-47(43)49)32-23-27-48-44(29-32)41-19-9-11-21-46(41)50(48)34-24-25-39-37-16-5-4-14-35(37)36-15-6-7-17-38(36)42(39)30-34;1-2-9-25(10-3-1)32-30-13-7-6-12-27(30)29-20-22(16-17-31(29)32)21-14-15-24-18-23-8-4-5-11-26(23)28(24)19-21;19-12-9-10-17-15-7-2-1-5-13(15)14-6-3-4-8-16(14)18(17)11-12/h1-30H;1-17,19-20H,18H2;1-11H. The Morgan fingerprint density at radius 1 is 0.178 bits per heavy atom. The summed E-state index contributed by atoms with van der Waals surface area (Å²) in [6.07, 6.45) is 1.04. The van der Waals surface area contributed by atoms with Crippen LogP contribution in [0.4, 0.5) is 0 Å². The maximum absolute atomic E-state index is 3.58. The van der Waals surface area contributed by atoms with Crippen LogP contribution in [-0.2, 0) is 6.42 Å². The van der Waals surface area contributed by atoms with Gasteiger partial charge in [0.2, 0.25) is 0 Å². The summed E-state index contributed by atoms with van der Waals surface area (Å²) in [4.78, 5) is 0. The smallest absolute Gasteiger partial charge is 0.0541 e. The van der Waals surface area contributed by atoms with Crippen molar-refractivity contribution >= 4 is 146 Å². The number of nitrogens with zero attached hydrogens (tertiary/aromatic N) is 3. The minimum Gasteiger partial charge on any atom is -0.309 e. The largest absolute Gasteiger partial charge is 0.309 e. The van der Waals surface area contributed by atoms with E-state index in [2.05, 4.69) is 394 Å². The maximum atomic E-state index is 3.58. The van der Waals surface area contributed by atoms with Crippen LogP contribution in [-0.4, -0.2) is 13.7 Å². The average Bonchev–Trinajstić information content (AvgIpc) is 1.75. The quantitative estimate of drug-likeness (QED) is 0.153. The number of halogens is 1. The number of benzene rings is 18. The molecular weight excluding hydrogens is 1290 g/mol. The first-order chi connectivity index (χ1) is 50.0. The number of fused-ring (bicyclic) bond motifs is 24. The van der Waals surface area contributed by atoms with Crippen LogP contribution >= 0.6 is 15.9 Å². The minimum atomic E-state index is 1.04. The molecule has 22 rings (SSSR count). The molecule has 0 saturated heterocycles. The molecule has 3 nitrogen and oxygen atoms in total. The molecule has 18 aromatic carbocycles. The SMILES string of the molecule is Brc1ccc2c3ccccc3c3ccccc3c2c1.c1ccc(-n2c3ccccc3c3cc(-c4ccc5c(c4)-c4ccccc4C5)ccc32)cc1.c1ccc(-n2c3ccccc3c3cc(-c4ccc5c(c4)c4ccccc4n5-c4ccc5c6ccccc6c6ccccc6c5c4)ccc32)cc1. The van der Waals surface area contributed by atoms with Crippen molar-refractivity contribution in [1.82, 2.24) is 13.7 Å². The lowest BCUT2D eigenvalue weighted by molar-refractivity contribution is 1.18. The summed E-state index contributed by atoms with van der Waals surface area (Å²) < 4.78 is 8.31. The third-order valence-corrected chi connectivity index (χ3v) is 21.7. The monoisotopic (exact) mass is 1350 g/mol. The van der Waals surface area contributed by atoms with Gasteiger partial charge in [0.25, 0.3) is 0 Å². The zero-order valence-electron chi connectivity index (χ0n) is 55.1. The van der Waals surface area contributed by atoms with Gasteiger partial charge in [0.15, 0.2) is 0 Å². The van der Waals surface area contributed by atoms with E-state index >= 15 is 0 Å². The van der Waals surface area contributed by atoms with Crippen LogP contribution < -0.4 is 0 Å². The Labute approximate surface area is 592 Å². The lowest BCUT2D eigenvalue weighted by atomic mass is 9.94. The van der Waals surface area contributed by atoms with Crippen LogP contribution in [0.1, 0.15) is 11.1 Å². The highest BCUT2D eigenvalue weighted by Crippen LogP contribution is 2.44. The molecule has 1 aliphatic carbocycles. The molecule has 0 radical (unpaired) electrons. The summed E-state index contributed by atoms with van der Waals surface area (Å²) in [6.45, 7) is 0. The van der Waals surface area contributed by atoms with Crippen molar-refractivity contribution in [3.05, 3.63) is 380 Å². The Kier molecular flexibility index (Phi) is 13.8. The van der Waals surface area contributed by atoms with Crippen molar-refractivity contribution in [2.24, 2.45) is 0 Å². The van der Waals surface area contributed by atoms with E-state index in [1.807, 2.05) is 0 Å². The topological polar surface area (TPSA) is 14.8 Å². The number of para-hydroxylation sites is 5. The van der Waals surface area contributed by atoms with Gasteiger partial charge in [-0.25, -0.2) is 0 Å². The molecule has 1 aliphatic rings. The fraction of sp³-hybridized carbons (Fsp3) is 0.0103. The fourth-order valence-electron chi connectivity index (χ4n) is 16.7. The van der Waals surface area contributed by atoms with Gasteiger partial charge in [0, 0.05) is 53.9 Å². The zero-order valence-corrected chi connectivity index (χ0v) is 56.7. The first-order valence-electron chi connectivity index (χ1n) is 34.8. The minimum absolute atomic E-state index is 1.04. The normalized spacial score (nSPS) is 12.0. The van der Waals surface area contributed by atoms with Crippen molar-refractivity contribution < 1.29 is 0 Å². The van der Waals surface area contributed by atoms with Crippen LogP contribution in [0.3, 0.4) is 0 Å². The molecule has 101 heavy (non-hydrogen) atoms. The van der Waals surface area contributed by atoms with Crippen LogP contribution in [0.15, 0.2) is 368 Å². The highest BCUT2D eigenvalue weighted by Gasteiger charge is 2.22. The highest BCUT2D eigenvalue weighted by molar-refractivity contribution is 9.10. The van der Waals surface area contributed by atoms with Gasteiger partial charge in [-0.1, -0.05) is 271 Å². The molecule has 3 heterocycles. The van der Waals surface area contributed by atoms with E-state index in [4.69, 9.17) is 0 Å². The summed E-state index contributed by atoms with van der Waals surface area (Å²) in [6, 6.07) is 133. The second-order valence-corrected chi connectivity index (χ2v) is 27.6. The van der Waals surface area contributed by atoms with Gasteiger partial charge in [0.1, 0.15) is 0 Å². The summed E-state index contributed by atoms with van der Waals surface area (Å²) in [5.74, 6) is 0. The Morgan fingerprint density at radius 3 is 0.931 bits per heavy atom. The first kappa shape index (κ1) is 58.5. The third kappa shape index (κ3) is 9.62. The second-order valence-electron chi connectivity index (χ2n) is 26.7. The van der Waals surface area contributed by atoms with Gasteiger partial charge in [0.05, 0.1) is 33.1 Å². The van der Waals surface area contributed by atoms with Crippen LogP contribution in [0.5, 0.6) is 0 Å². The molecule has 0 bridgehead atoms. The number of hydrogen-bond donors (Lipinski definition) is 0. The van der Waals surface area contributed by atoms with Gasteiger partial charge in [-0.05, 0) is 225 Å². The van der Waals surface area contributed by atoms with Gasteiger partial charge in [-0.3, -0.25) is 0 Å². The van der Waals surface area contributed by atoms with E-state index in [-0.39, 0.29) is 0 Å². The molecule has 21 aromatic rings. The van der Waals surface area contributed by atoms with Gasteiger partial charge < -0.3 is 13.7 Å². The number of rotatable bonds is 5. The lowest BCUT2D eigenvalue weighted by Gasteiger charge is -2.14. The number of hydrogen-bond acceptors (Lipinski definition) is 0. The molecule has 0 N–H and O–H groups in total. The predicted octanol–water partition coefficient (Wildman–Crippen LogP) is 26.9. The third-order valence-electron chi connectivity index (χ3n) is 21.2. The Bertz CT molecular complexity index is 6860. The van der Waals surface area contributed by atoms with Crippen molar-refractivity contribution in [1.29, 1.82) is 0 Å². The van der Waals surface area contributed by atoms with Crippen LogP contribution in [0.2, 0.25) is 0 Å². The zero-order chi connectivity index (χ0) is 66.7. The fourth-order valence-corrected chi connectivity index (χ4v) is 17.0. The summed E-state index contributed by atoms with van der Waals surface area (Å²) >= 11 is 3.58. The molecule has 0 spiro atoms. The summed E-state index contributed by atoms with van der Waals surface area (Å²) in [5, 5.41) is 23.3. The molecule has 0 amide bonds.